The molecule has 1 N–H and O–H groups in total. The first-order chi connectivity index (χ1) is 10.3. The number of sulfone groups is 1. The van der Waals surface area contributed by atoms with Crippen LogP contribution < -0.4 is 5.32 Å². The van der Waals surface area contributed by atoms with Crippen molar-refractivity contribution >= 4 is 26.8 Å². The van der Waals surface area contributed by atoms with E-state index < -0.39 is 9.84 Å². The standard InChI is InChI=1S/C14H18N4O3S/c1-8-6-11(12-9(2)17-18(3)13(12)15-8)14(19)16-10-4-5-22(20,21)7-10/h6,10H,4-5,7H2,1-3H3,(H,16,19). The summed E-state index contributed by atoms with van der Waals surface area (Å²) in [6, 6.07) is 1.40. The maximum atomic E-state index is 12.6. The number of fused-ring (bicyclic) bond motifs is 1. The van der Waals surface area contributed by atoms with Crippen LogP contribution in [0.2, 0.25) is 0 Å². The topological polar surface area (TPSA) is 94.0 Å². The molecule has 22 heavy (non-hydrogen) atoms. The molecule has 0 bridgehead atoms. The zero-order chi connectivity index (χ0) is 16.1. The van der Waals surface area contributed by atoms with Crippen molar-refractivity contribution in [1.82, 2.24) is 20.1 Å². The summed E-state index contributed by atoms with van der Waals surface area (Å²) in [7, 11) is -1.24. The van der Waals surface area contributed by atoms with Crippen LogP contribution in [-0.4, -0.2) is 46.6 Å². The molecule has 0 aliphatic carbocycles. The summed E-state index contributed by atoms with van der Waals surface area (Å²) < 4.78 is 24.7. The van der Waals surface area contributed by atoms with E-state index >= 15 is 0 Å². The average Bonchev–Trinajstić information content (AvgIpc) is 2.89. The van der Waals surface area contributed by atoms with Gasteiger partial charge in [0.25, 0.3) is 5.91 Å². The van der Waals surface area contributed by atoms with Crippen molar-refractivity contribution in [3.63, 3.8) is 0 Å². The van der Waals surface area contributed by atoms with Gasteiger partial charge in [-0.3, -0.25) is 9.48 Å². The Kier molecular flexibility index (Phi) is 3.43. The maximum Gasteiger partial charge on any atom is 0.252 e. The Bertz CT molecular complexity index is 870. The first-order valence-corrected chi connectivity index (χ1v) is 8.91. The minimum absolute atomic E-state index is 0.0119. The Balaban J connectivity index is 1.97. The van der Waals surface area contributed by atoms with E-state index in [-0.39, 0.29) is 23.5 Å². The molecule has 1 aliphatic rings. The summed E-state index contributed by atoms with van der Waals surface area (Å²) in [4.78, 5) is 17.0. The Morgan fingerprint density at radius 1 is 1.41 bits per heavy atom. The number of amides is 1. The minimum atomic E-state index is -3.02. The van der Waals surface area contributed by atoms with Crippen molar-refractivity contribution in [1.29, 1.82) is 0 Å². The summed E-state index contributed by atoms with van der Waals surface area (Å²) in [5.74, 6) is -0.124. The molecule has 118 valence electrons. The molecule has 2 aromatic rings. The number of hydrogen-bond acceptors (Lipinski definition) is 5. The highest BCUT2D eigenvalue weighted by molar-refractivity contribution is 7.91. The Morgan fingerprint density at radius 3 is 2.77 bits per heavy atom. The highest BCUT2D eigenvalue weighted by Crippen LogP contribution is 2.22. The average molecular weight is 322 g/mol. The molecule has 7 nitrogen and oxygen atoms in total. The lowest BCUT2D eigenvalue weighted by Crippen LogP contribution is -2.35. The zero-order valence-electron chi connectivity index (χ0n) is 12.8. The number of carbonyl (C=O) groups excluding carboxylic acids is 1. The van der Waals surface area contributed by atoms with Crippen LogP contribution in [0.3, 0.4) is 0 Å². The molecule has 0 spiro atoms. The van der Waals surface area contributed by atoms with Gasteiger partial charge in [-0.15, -0.1) is 0 Å². The SMILES string of the molecule is Cc1cc(C(=O)NC2CCS(=O)(=O)C2)c2c(C)nn(C)c2n1. The number of aryl methyl sites for hydroxylation is 3. The third-order valence-electron chi connectivity index (χ3n) is 3.91. The van der Waals surface area contributed by atoms with E-state index in [1.165, 1.54) is 0 Å². The van der Waals surface area contributed by atoms with Crippen molar-refractivity contribution in [2.24, 2.45) is 7.05 Å². The van der Waals surface area contributed by atoms with E-state index in [9.17, 15) is 13.2 Å². The fraction of sp³-hybridized carbons (Fsp3) is 0.500. The smallest absolute Gasteiger partial charge is 0.252 e. The molecule has 1 fully saturated rings. The predicted octanol–water partition coefficient (Wildman–Crippen LogP) is 0.502. The van der Waals surface area contributed by atoms with Crippen LogP contribution in [0.5, 0.6) is 0 Å². The van der Waals surface area contributed by atoms with E-state index in [0.29, 0.717) is 23.0 Å². The Hall–Kier alpha value is -1.96. The van der Waals surface area contributed by atoms with Gasteiger partial charge in [0, 0.05) is 18.8 Å². The lowest BCUT2D eigenvalue weighted by atomic mass is 10.1. The summed E-state index contributed by atoms with van der Waals surface area (Å²) in [5, 5.41) is 7.85. The zero-order valence-corrected chi connectivity index (χ0v) is 13.6. The van der Waals surface area contributed by atoms with E-state index in [1.807, 2.05) is 13.8 Å². The van der Waals surface area contributed by atoms with Crippen LogP contribution in [0.15, 0.2) is 6.07 Å². The molecule has 0 saturated carbocycles. The Morgan fingerprint density at radius 2 is 2.14 bits per heavy atom. The number of carbonyl (C=O) groups is 1. The third kappa shape index (κ3) is 2.58. The van der Waals surface area contributed by atoms with Crippen LogP contribution in [0, 0.1) is 13.8 Å². The van der Waals surface area contributed by atoms with E-state index in [2.05, 4.69) is 15.4 Å². The van der Waals surface area contributed by atoms with Gasteiger partial charge in [0.1, 0.15) is 0 Å². The maximum absolute atomic E-state index is 12.6. The molecule has 1 aliphatic heterocycles. The van der Waals surface area contributed by atoms with Gasteiger partial charge in [-0.2, -0.15) is 5.10 Å². The second kappa shape index (κ2) is 5.05. The number of rotatable bonds is 2. The lowest BCUT2D eigenvalue weighted by molar-refractivity contribution is 0.0942. The van der Waals surface area contributed by atoms with Gasteiger partial charge in [-0.05, 0) is 26.3 Å². The monoisotopic (exact) mass is 322 g/mol. The fourth-order valence-corrected chi connectivity index (χ4v) is 4.59. The van der Waals surface area contributed by atoms with Gasteiger partial charge in [0.15, 0.2) is 15.5 Å². The number of nitrogens with zero attached hydrogens (tertiary/aromatic N) is 3. The third-order valence-corrected chi connectivity index (χ3v) is 5.68. The first-order valence-electron chi connectivity index (χ1n) is 7.09. The predicted molar refractivity (Wildman–Crippen MR) is 82.5 cm³/mol. The van der Waals surface area contributed by atoms with E-state index in [4.69, 9.17) is 0 Å². The molecule has 1 amide bonds. The van der Waals surface area contributed by atoms with Crippen LogP contribution >= 0.6 is 0 Å². The first kappa shape index (κ1) is 15.0. The molecule has 1 atom stereocenters. The molecule has 0 aromatic carbocycles. The van der Waals surface area contributed by atoms with Gasteiger partial charge in [-0.25, -0.2) is 13.4 Å². The molecule has 1 saturated heterocycles. The largest absolute Gasteiger partial charge is 0.348 e. The van der Waals surface area contributed by atoms with Crippen LogP contribution in [-0.2, 0) is 16.9 Å². The summed E-state index contributed by atoms with van der Waals surface area (Å²) in [6.07, 6.45) is 0.466. The van der Waals surface area contributed by atoms with E-state index in [0.717, 1.165) is 11.4 Å². The Labute approximate surface area is 128 Å². The second-order valence-electron chi connectivity index (χ2n) is 5.79. The molecule has 0 radical (unpaired) electrons. The van der Waals surface area contributed by atoms with Crippen molar-refractivity contribution in [2.45, 2.75) is 26.3 Å². The van der Waals surface area contributed by atoms with Crippen molar-refractivity contribution in [3.8, 4) is 0 Å². The van der Waals surface area contributed by atoms with Gasteiger partial charge >= 0.3 is 0 Å². The van der Waals surface area contributed by atoms with Crippen LogP contribution in [0.4, 0.5) is 0 Å². The van der Waals surface area contributed by atoms with Crippen molar-refractivity contribution in [3.05, 3.63) is 23.0 Å². The van der Waals surface area contributed by atoms with Gasteiger partial charge < -0.3 is 5.32 Å². The highest BCUT2D eigenvalue weighted by atomic mass is 32.2. The van der Waals surface area contributed by atoms with Gasteiger partial charge in [0.2, 0.25) is 0 Å². The summed E-state index contributed by atoms with van der Waals surface area (Å²) in [6.45, 7) is 3.65. The molecule has 8 heteroatoms. The normalized spacial score (nSPS) is 20.4. The summed E-state index contributed by atoms with van der Waals surface area (Å²) >= 11 is 0. The molecular formula is C14H18N4O3S. The van der Waals surface area contributed by atoms with Gasteiger partial charge in [0.05, 0.1) is 28.1 Å². The molecular weight excluding hydrogens is 304 g/mol. The number of pyridine rings is 1. The second-order valence-corrected chi connectivity index (χ2v) is 8.02. The highest BCUT2D eigenvalue weighted by Gasteiger charge is 2.30. The summed E-state index contributed by atoms with van der Waals surface area (Å²) in [5.41, 5.74) is 2.60. The van der Waals surface area contributed by atoms with Crippen LogP contribution in [0.25, 0.3) is 11.0 Å². The molecule has 3 heterocycles. The molecule has 3 rings (SSSR count). The molecule has 2 aromatic heterocycles. The van der Waals surface area contributed by atoms with Crippen molar-refractivity contribution in [2.75, 3.05) is 11.5 Å². The minimum Gasteiger partial charge on any atom is -0.348 e. The van der Waals surface area contributed by atoms with E-state index in [1.54, 1.807) is 17.8 Å². The fourth-order valence-electron chi connectivity index (χ4n) is 2.92. The lowest BCUT2D eigenvalue weighted by Gasteiger charge is -2.12. The number of aromatic nitrogens is 3. The number of nitrogens with one attached hydrogen (secondary N) is 1. The van der Waals surface area contributed by atoms with Crippen molar-refractivity contribution < 1.29 is 13.2 Å². The van der Waals surface area contributed by atoms with Crippen LogP contribution in [0.1, 0.15) is 28.2 Å². The quantitative estimate of drug-likeness (QED) is 0.869. The van der Waals surface area contributed by atoms with Gasteiger partial charge in [-0.1, -0.05) is 0 Å². The number of hydrogen-bond donors (Lipinski definition) is 1. The molecule has 1 unspecified atom stereocenters.